The van der Waals surface area contributed by atoms with Crippen molar-refractivity contribution in [2.45, 2.75) is 22.1 Å². The Morgan fingerprint density at radius 1 is 0.488 bits per heavy atom. The minimum Gasteiger partial charge on any atom is -0.0888 e. The maximum atomic E-state index is 2.35. The van der Waals surface area contributed by atoms with Crippen LogP contribution in [-0.2, 0) is 0 Å². The first-order valence-corrected chi connectivity index (χ1v) is 15.9. The van der Waals surface area contributed by atoms with Gasteiger partial charge in [0.1, 0.15) is 0 Å². The fraction of sp³-hybridized carbons (Fsp3) is 0.0476. The lowest BCUT2D eigenvalue weighted by Gasteiger charge is -2.26. The Hall–Kier alpha value is -4.85. The normalized spacial score (nSPS) is 15.5. The Morgan fingerprint density at radius 2 is 1.09 bits per heavy atom. The van der Waals surface area contributed by atoms with Gasteiger partial charge in [0.2, 0.25) is 0 Å². The molecule has 0 N–H and O–H groups in total. The van der Waals surface area contributed by atoms with Crippen LogP contribution in [0.15, 0.2) is 161 Å². The molecule has 2 aliphatic rings. The predicted molar refractivity (Wildman–Crippen MR) is 185 cm³/mol. The number of benzene rings is 7. The van der Waals surface area contributed by atoms with Crippen molar-refractivity contribution in [1.82, 2.24) is 0 Å². The van der Waals surface area contributed by atoms with Crippen LogP contribution in [0.4, 0.5) is 0 Å². The van der Waals surface area contributed by atoms with E-state index in [1.165, 1.54) is 81.1 Å². The van der Waals surface area contributed by atoms with Crippen LogP contribution in [0.1, 0.15) is 23.5 Å². The van der Waals surface area contributed by atoms with Crippen LogP contribution in [0, 0.1) is 0 Å². The lowest BCUT2D eigenvalue weighted by Crippen LogP contribution is -2.03. The Bertz CT molecular complexity index is 2220. The fourth-order valence-corrected chi connectivity index (χ4v) is 8.56. The van der Waals surface area contributed by atoms with E-state index in [0.717, 1.165) is 6.42 Å². The van der Waals surface area contributed by atoms with E-state index >= 15 is 0 Å². The number of hydrogen-bond donors (Lipinski definition) is 0. The molecule has 1 unspecified atom stereocenters. The topological polar surface area (TPSA) is 0 Å². The highest BCUT2D eigenvalue weighted by Crippen LogP contribution is 2.53. The number of rotatable bonds is 3. The molecule has 1 atom stereocenters. The minimum atomic E-state index is 0.372. The van der Waals surface area contributed by atoms with Crippen LogP contribution in [0.3, 0.4) is 0 Å². The van der Waals surface area contributed by atoms with Crippen molar-refractivity contribution in [2.75, 3.05) is 0 Å². The summed E-state index contributed by atoms with van der Waals surface area (Å²) in [6.07, 6.45) is 7.94. The van der Waals surface area contributed by atoms with E-state index in [0.29, 0.717) is 5.92 Å². The Kier molecular flexibility index (Phi) is 5.67. The highest BCUT2D eigenvalue weighted by atomic mass is 32.2. The largest absolute Gasteiger partial charge is 0.0888 e. The molecule has 0 amide bonds. The van der Waals surface area contributed by atoms with E-state index < -0.39 is 0 Å². The maximum absolute atomic E-state index is 2.35. The second-order valence-corrected chi connectivity index (χ2v) is 12.7. The molecule has 1 heterocycles. The van der Waals surface area contributed by atoms with E-state index in [2.05, 4.69) is 152 Å². The molecule has 0 aromatic heterocycles. The molecular formula is C42H28S. The second-order valence-electron chi connectivity index (χ2n) is 11.6. The van der Waals surface area contributed by atoms with Gasteiger partial charge in [0, 0.05) is 26.7 Å². The Morgan fingerprint density at radius 3 is 1.84 bits per heavy atom. The molecule has 7 aromatic rings. The first-order valence-electron chi connectivity index (χ1n) is 15.0. The third kappa shape index (κ3) is 3.85. The molecule has 202 valence electrons. The van der Waals surface area contributed by atoms with E-state index in [1.807, 2.05) is 11.8 Å². The average molecular weight is 565 g/mol. The summed E-state index contributed by atoms with van der Waals surface area (Å²) < 4.78 is 0. The van der Waals surface area contributed by atoms with Gasteiger partial charge in [-0.3, -0.25) is 0 Å². The van der Waals surface area contributed by atoms with Crippen LogP contribution in [0.5, 0.6) is 0 Å². The van der Waals surface area contributed by atoms with Crippen molar-refractivity contribution < 1.29 is 0 Å². The zero-order valence-corrected chi connectivity index (χ0v) is 24.4. The molecule has 0 spiro atoms. The molecule has 0 saturated heterocycles. The van der Waals surface area contributed by atoms with Crippen LogP contribution in [0.25, 0.3) is 60.1 Å². The van der Waals surface area contributed by atoms with Crippen LogP contribution < -0.4 is 0 Å². The number of hydrogen-bond acceptors (Lipinski definition) is 1. The van der Waals surface area contributed by atoms with Gasteiger partial charge in [-0.2, -0.15) is 0 Å². The van der Waals surface area contributed by atoms with Gasteiger partial charge in [-0.05, 0) is 78.9 Å². The van der Waals surface area contributed by atoms with Crippen molar-refractivity contribution in [3.63, 3.8) is 0 Å². The predicted octanol–water partition coefficient (Wildman–Crippen LogP) is 12.1. The zero-order valence-electron chi connectivity index (χ0n) is 23.6. The standard InChI is InChI=1S/C42H28S/c1-2-12-27(13-3-1)29-16-8-17-30(26-29)39-31-18-4-6-20-33(31)41(34-21-7-5-19-32(34)39)36-23-11-25-38-42(36)35-22-9-14-28-15-10-24-37(43-38)40(28)35/h1-25,29H,26H2. The summed E-state index contributed by atoms with van der Waals surface area (Å²) in [7, 11) is 0. The molecular weight excluding hydrogens is 537 g/mol. The van der Waals surface area contributed by atoms with E-state index in [9.17, 15) is 0 Å². The Balaban J connectivity index is 1.33. The van der Waals surface area contributed by atoms with Gasteiger partial charge in [-0.25, -0.2) is 0 Å². The first-order chi connectivity index (χ1) is 21.3. The van der Waals surface area contributed by atoms with E-state index in [-0.39, 0.29) is 0 Å². The van der Waals surface area contributed by atoms with Crippen molar-refractivity contribution >= 4 is 49.7 Å². The van der Waals surface area contributed by atoms with Crippen molar-refractivity contribution in [3.8, 4) is 22.3 Å². The lowest BCUT2D eigenvalue weighted by atomic mass is 9.79. The smallest absolute Gasteiger partial charge is 0.0207 e. The first kappa shape index (κ1) is 24.7. The highest BCUT2D eigenvalue weighted by molar-refractivity contribution is 7.99. The fourth-order valence-electron chi connectivity index (χ4n) is 7.38. The SMILES string of the molecule is C1=CC(c2ccccc2)CC(c2c3ccccc3c(-c3cccc4c3-c3cccc5cccc(c35)S4)c3ccccc23)=C1. The molecule has 1 aliphatic heterocycles. The molecule has 9 rings (SSSR count). The molecule has 0 nitrogen and oxygen atoms in total. The van der Waals surface area contributed by atoms with Gasteiger partial charge in [-0.1, -0.05) is 151 Å². The van der Waals surface area contributed by atoms with Crippen molar-refractivity contribution in [3.05, 3.63) is 163 Å². The third-order valence-electron chi connectivity index (χ3n) is 9.21. The molecule has 0 saturated carbocycles. The Labute approximate surface area is 256 Å². The van der Waals surface area contributed by atoms with Crippen LogP contribution in [-0.4, -0.2) is 0 Å². The lowest BCUT2D eigenvalue weighted by molar-refractivity contribution is 0.869. The maximum Gasteiger partial charge on any atom is 0.0207 e. The van der Waals surface area contributed by atoms with Gasteiger partial charge < -0.3 is 0 Å². The summed E-state index contributed by atoms with van der Waals surface area (Å²) in [4.78, 5) is 2.67. The molecule has 43 heavy (non-hydrogen) atoms. The van der Waals surface area contributed by atoms with Gasteiger partial charge in [0.05, 0.1) is 0 Å². The summed E-state index contributed by atoms with van der Waals surface area (Å²) in [6, 6.07) is 49.4. The van der Waals surface area contributed by atoms with Crippen molar-refractivity contribution in [1.29, 1.82) is 0 Å². The summed E-state index contributed by atoms with van der Waals surface area (Å²) in [6.45, 7) is 0. The van der Waals surface area contributed by atoms with Gasteiger partial charge in [-0.15, -0.1) is 0 Å². The average Bonchev–Trinajstić information content (AvgIpc) is 3.07. The molecule has 1 aliphatic carbocycles. The molecule has 0 bridgehead atoms. The van der Waals surface area contributed by atoms with Gasteiger partial charge in [0.25, 0.3) is 0 Å². The summed E-state index contributed by atoms with van der Waals surface area (Å²) in [5.74, 6) is 0.372. The highest BCUT2D eigenvalue weighted by Gasteiger charge is 2.26. The minimum absolute atomic E-state index is 0.372. The van der Waals surface area contributed by atoms with Gasteiger partial charge >= 0.3 is 0 Å². The molecule has 1 heteroatoms. The van der Waals surface area contributed by atoms with Crippen LogP contribution in [0.2, 0.25) is 0 Å². The summed E-state index contributed by atoms with van der Waals surface area (Å²) in [5.41, 5.74) is 9.47. The zero-order chi connectivity index (χ0) is 28.3. The summed E-state index contributed by atoms with van der Waals surface area (Å²) in [5, 5.41) is 7.94. The molecule has 7 aromatic carbocycles. The van der Waals surface area contributed by atoms with Crippen LogP contribution >= 0.6 is 11.8 Å². The molecule has 0 fully saturated rings. The monoisotopic (exact) mass is 564 g/mol. The van der Waals surface area contributed by atoms with E-state index in [4.69, 9.17) is 0 Å². The summed E-state index contributed by atoms with van der Waals surface area (Å²) >= 11 is 1.90. The third-order valence-corrected chi connectivity index (χ3v) is 10.3. The van der Waals surface area contributed by atoms with Crippen molar-refractivity contribution in [2.24, 2.45) is 0 Å². The number of fused-ring (bicyclic) bond motifs is 4. The van der Waals surface area contributed by atoms with E-state index in [1.54, 1.807) is 0 Å². The second kappa shape index (κ2) is 9.87. The quantitative estimate of drug-likeness (QED) is 0.192. The molecule has 0 radical (unpaired) electrons. The number of allylic oxidation sites excluding steroid dienone is 4. The van der Waals surface area contributed by atoms with Gasteiger partial charge in [0.15, 0.2) is 0 Å².